The molecule has 0 aliphatic heterocycles. The zero-order chi connectivity index (χ0) is 16.8. The fraction of sp³-hybridized carbons (Fsp3) is 0.357. The molecule has 0 spiro atoms. The van der Waals surface area contributed by atoms with Gasteiger partial charge < -0.3 is 10.1 Å². The van der Waals surface area contributed by atoms with Gasteiger partial charge in [0.25, 0.3) is 5.91 Å². The molecule has 5 nitrogen and oxygen atoms in total. The highest BCUT2D eigenvalue weighted by Gasteiger charge is 2.29. The van der Waals surface area contributed by atoms with Crippen LogP contribution in [0.15, 0.2) is 41.8 Å². The first kappa shape index (κ1) is 18.2. The Morgan fingerprint density at radius 3 is 2.64 bits per heavy atom. The van der Waals surface area contributed by atoms with Crippen LogP contribution in [0.4, 0.5) is 14.5 Å². The first-order valence-corrected chi connectivity index (χ1v) is 7.99. The lowest BCUT2D eigenvalue weighted by molar-refractivity contribution is -0.126. The number of benzene rings is 1. The molecule has 1 amide bonds. The van der Waals surface area contributed by atoms with Crippen molar-refractivity contribution in [3.05, 3.63) is 36.9 Å². The summed E-state index contributed by atoms with van der Waals surface area (Å²) in [5.74, 6) is -4.19. The molecule has 8 heteroatoms. The summed E-state index contributed by atoms with van der Waals surface area (Å²) >= 11 is 0. The minimum Gasteiger partial charge on any atom is -0.368 e. The average Bonchev–Trinajstić information content (AvgIpc) is 2.47. The van der Waals surface area contributed by atoms with E-state index in [0.717, 1.165) is 6.07 Å². The van der Waals surface area contributed by atoms with E-state index in [0.29, 0.717) is 6.42 Å². The Balaban J connectivity index is 2.91. The maximum absolute atomic E-state index is 12.6. The smallest absolute Gasteiger partial charge is 0.341 e. The number of hydrogen-bond donors (Lipinski definition) is 1. The maximum atomic E-state index is 12.6. The molecule has 0 fully saturated rings. The van der Waals surface area contributed by atoms with E-state index < -0.39 is 32.5 Å². The number of ether oxygens (including phenoxy) is 1. The van der Waals surface area contributed by atoms with Crippen LogP contribution in [0.5, 0.6) is 0 Å². The fourth-order valence-corrected chi connectivity index (χ4v) is 2.44. The molecule has 0 saturated carbocycles. The molecule has 122 valence electrons. The summed E-state index contributed by atoms with van der Waals surface area (Å²) in [7, 11) is -4.80. The third kappa shape index (κ3) is 4.60. The molecule has 1 aromatic rings. The van der Waals surface area contributed by atoms with Crippen molar-refractivity contribution in [2.45, 2.75) is 30.1 Å². The summed E-state index contributed by atoms with van der Waals surface area (Å²) < 4.78 is 53.6. The highest BCUT2D eigenvalue weighted by atomic mass is 32.2. The number of anilines is 1. The summed E-state index contributed by atoms with van der Waals surface area (Å²) in [4.78, 5) is 11.3. The fourth-order valence-electron chi connectivity index (χ4n) is 1.55. The number of nitrogens with one attached hydrogen (secondary N) is 1. The van der Waals surface area contributed by atoms with E-state index in [2.05, 4.69) is 11.9 Å². The van der Waals surface area contributed by atoms with E-state index in [4.69, 9.17) is 4.74 Å². The average molecular weight is 333 g/mol. The monoisotopic (exact) mass is 333 g/mol. The first-order chi connectivity index (χ1) is 10.3. The molecule has 0 bridgehead atoms. The van der Waals surface area contributed by atoms with Crippen LogP contribution < -0.4 is 5.32 Å². The lowest BCUT2D eigenvalue weighted by Gasteiger charge is -2.15. The molecule has 1 unspecified atom stereocenters. The Morgan fingerprint density at radius 1 is 1.41 bits per heavy atom. The normalized spacial score (nSPS) is 12.9. The standard InChI is InChI=1S/C14H17F2NO4S/c1-3-4-9-21-10(2)13(18)17-11-7-5-6-8-12(11)22(19,20)14(15)16/h3,5-8,10,14H,1,4,9H2,2H3,(H,17,18). The summed E-state index contributed by atoms with van der Waals surface area (Å²) in [6.07, 6.45) is 1.31. The SMILES string of the molecule is C=CCCOC(C)C(=O)Nc1ccccc1S(=O)(=O)C(F)F. The van der Waals surface area contributed by atoms with E-state index in [1.165, 1.54) is 25.1 Å². The number of sulfone groups is 1. The van der Waals surface area contributed by atoms with Gasteiger partial charge in [-0.3, -0.25) is 4.79 Å². The number of hydrogen-bond acceptors (Lipinski definition) is 4. The Labute approximate surface area is 127 Å². The Kier molecular flexibility index (Phi) is 6.63. The van der Waals surface area contributed by atoms with Crippen molar-refractivity contribution in [1.29, 1.82) is 0 Å². The van der Waals surface area contributed by atoms with Crippen LogP contribution in [-0.2, 0) is 19.4 Å². The summed E-state index contributed by atoms with van der Waals surface area (Å²) in [5, 5.41) is 2.30. The van der Waals surface area contributed by atoms with Crippen molar-refractivity contribution >= 4 is 21.4 Å². The van der Waals surface area contributed by atoms with Crippen LogP contribution in [0.1, 0.15) is 13.3 Å². The van der Waals surface area contributed by atoms with Gasteiger partial charge >= 0.3 is 5.76 Å². The van der Waals surface area contributed by atoms with Gasteiger partial charge in [-0.25, -0.2) is 8.42 Å². The molecule has 1 aromatic carbocycles. The van der Waals surface area contributed by atoms with Gasteiger partial charge in [-0.15, -0.1) is 6.58 Å². The number of carbonyl (C=O) groups excluding carboxylic acids is 1. The summed E-state index contributed by atoms with van der Waals surface area (Å²) in [5.41, 5.74) is -0.202. The van der Waals surface area contributed by atoms with Crippen LogP contribution in [0.25, 0.3) is 0 Å². The second kappa shape index (κ2) is 8.00. The molecule has 0 aliphatic rings. The first-order valence-electron chi connectivity index (χ1n) is 6.45. The van der Waals surface area contributed by atoms with Crippen molar-refractivity contribution < 1.29 is 26.7 Å². The van der Waals surface area contributed by atoms with Gasteiger partial charge in [0.15, 0.2) is 0 Å². The van der Waals surface area contributed by atoms with Crippen LogP contribution in [0.2, 0.25) is 0 Å². The number of amides is 1. The quantitative estimate of drug-likeness (QED) is 0.586. The predicted octanol–water partition coefficient (Wildman–Crippen LogP) is 2.60. The highest BCUT2D eigenvalue weighted by molar-refractivity contribution is 7.91. The van der Waals surface area contributed by atoms with E-state index in [1.54, 1.807) is 6.08 Å². The maximum Gasteiger partial charge on any atom is 0.341 e. The van der Waals surface area contributed by atoms with Crippen molar-refractivity contribution in [2.24, 2.45) is 0 Å². The molecule has 0 radical (unpaired) electrons. The Hall–Kier alpha value is -1.80. The van der Waals surface area contributed by atoms with Gasteiger partial charge in [-0.2, -0.15) is 8.78 Å². The van der Waals surface area contributed by atoms with Crippen molar-refractivity contribution in [1.82, 2.24) is 0 Å². The predicted molar refractivity (Wildman–Crippen MR) is 78.5 cm³/mol. The minimum absolute atomic E-state index is 0.202. The molecule has 0 aliphatic carbocycles. The van der Waals surface area contributed by atoms with Gasteiger partial charge in [0.1, 0.15) is 6.10 Å². The van der Waals surface area contributed by atoms with Crippen LogP contribution in [-0.4, -0.2) is 32.8 Å². The molecular formula is C14H17F2NO4S. The van der Waals surface area contributed by atoms with Crippen LogP contribution in [0.3, 0.4) is 0 Å². The van der Waals surface area contributed by atoms with Crippen molar-refractivity contribution in [3.8, 4) is 0 Å². The topological polar surface area (TPSA) is 72.5 Å². The van der Waals surface area contributed by atoms with Crippen molar-refractivity contribution in [3.63, 3.8) is 0 Å². The van der Waals surface area contributed by atoms with E-state index in [1.807, 2.05) is 0 Å². The summed E-state index contributed by atoms with van der Waals surface area (Å²) in [6.45, 7) is 5.25. The number of halogens is 2. The molecule has 1 N–H and O–H groups in total. The number of alkyl halides is 2. The van der Waals surface area contributed by atoms with Gasteiger partial charge in [-0.05, 0) is 25.5 Å². The lowest BCUT2D eigenvalue weighted by Crippen LogP contribution is -2.29. The third-order valence-corrected chi connectivity index (χ3v) is 4.18. The Bertz CT molecular complexity index is 631. The number of carbonyl (C=O) groups is 1. The van der Waals surface area contributed by atoms with Gasteiger partial charge in [0.05, 0.1) is 17.2 Å². The van der Waals surface area contributed by atoms with Gasteiger partial charge in [0, 0.05) is 0 Å². The zero-order valence-electron chi connectivity index (χ0n) is 12.0. The number of rotatable bonds is 8. The van der Waals surface area contributed by atoms with Gasteiger partial charge in [0.2, 0.25) is 9.84 Å². The molecule has 0 aromatic heterocycles. The van der Waals surface area contributed by atoms with E-state index >= 15 is 0 Å². The summed E-state index contributed by atoms with van der Waals surface area (Å²) in [6, 6.07) is 4.99. The van der Waals surface area contributed by atoms with E-state index in [-0.39, 0.29) is 12.3 Å². The minimum atomic E-state index is -4.80. The largest absolute Gasteiger partial charge is 0.368 e. The third-order valence-electron chi connectivity index (χ3n) is 2.75. The van der Waals surface area contributed by atoms with Gasteiger partial charge in [-0.1, -0.05) is 18.2 Å². The molecule has 0 saturated heterocycles. The highest BCUT2D eigenvalue weighted by Crippen LogP contribution is 2.26. The van der Waals surface area contributed by atoms with Crippen LogP contribution >= 0.6 is 0 Å². The second-order valence-electron chi connectivity index (χ2n) is 4.38. The number of para-hydroxylation sites is 1. The molecule has 22 heavy (non-hydrogen) atoms. The lowest BCUT2D eigenvalue weighted by atomic mass is 10.3. The van der Waals surface area contributed by atoms with Crippen LogP contribution in [0, 0.1) is 0 Å². The molecule has 1 rings (SSSR count). The second-order valence-corrected chi connectivity index (χ2v) is 6.27. The Morgan fingerprint density at radius 2 is 2.05 bits per heavy atom. The molecule has 1 atom stereocenters. The molecular weight excluding hydrogens is 316 g/mol. The van der Waals surface area contributed by atoms with Crippen molar-refractivity contribution in [2.75, 3.05) is 11.9 Å². The van der Waals surface area contributed by atoms with E-state index in [9.17, 15) is 22.0 Å². The zero-order valence-corrected chi connectivity index (χ0v) is 12.8. The molecule has 0 heterocycles.